The van der Waals surface area contributed by atoms with Gasteiger partial charge in [-0.3, -0.25) is 9.69 Å². The van der Waals surface area contributed by atoms with Crippen LogP contribution >= 0.6 is 0 Å². The van der Waals surface area contributed by atoms with Crippen molar-refractivity contribution < 1.29 is 19.0 Å². The van der Waals surface area contributed by atoms with Crippen LogP contribution in [0, 0.1) is 0 Å². The normalized spacial score (nSPS) is 21.7. The highest BCUT2D eigenvalue weighted by molar-refractivity contribution is 5.70. The van der Waals surface area contributed by atoms with E-state index >= 15 is 0 Å². The summed E-state index contributed by atoms with van der Waals surface area (Å²) >= 11 is 0. The van der Waals surface area contributed by atoms with E-state index in [9.17, 15) is 4.79 Å². The van der Waals surface area contributed by atoms with Crippen LogP contribution in [0.2, 0.25) is 0 Å². The van der Waals surface area contributed by atoms with E-state index in [2.05, 4.69) is 42.7 Å². The van der Waals surface area contributed by atoms with Crippen LogP contribution in [0.5, 0.6) is 0 Å². The number of carbonyl (C=O) groups is 1. The highest BCUT2D eigenvalue weighted by atomic mass is 16.8. The molecule has 0 aliphatic carbocycles. The van der Waals surface area contributed by atoms with E-state index in [4.69, 9.17) is 14.2 Å². The summed E-state index contributed by atoms with van der Waals surface area (Å²) in [6, 6.07) is 20.4. The number of carbonyl (C=O) groups excluding carboxylic acids is 1. The molecule has 1 heterocycles. The van der Waals surface area contributed by atoms with Crippen molar-refractivity contribution in [2.75, 3.05) is 0 Å². The van der Waals surface area contributed by atoms with Crippen molar-refractivity contribution in [2.45, 2.75) is 90.2 Å². The van der Waals surface area contributed by atoms with Gasteiger partial charge < -0.3 is 14.2 Å². The van der Waals surface area contributed by atoms with Gasteiger partial charge in [0, 0.05) is 12.6 Å². The van der Waals surface area contributed by atoms with Crippen LogP contribution in [0.25, 0.3) is 0 Å². The van der Waals surface area contributed by atoms with Gasteiger partial charge in [-0.05, 0) is 52.7 Å². The van der Waals surface area contributed by atoms with E-state index in [1.54, 1.807) is 6.08 Å². The number of nitrogens with zero attached hydrogens (tertiary/aromatic N) is 1. The Kier molecular flexibility index (Phi) is 8.34. The number of esters is 1. The molecular weight excluding hydrogens is 426 g/mol. The lowest BCUT2D eigenvalue weighted by Gasteiger charge is -2.40. The fraction of sp³-hybridized carbons (Fsp3) is 0.483. The van der Waals surface area contributed by atoms with Crippen LogP contribution in [0.4, 0.5) is 0 Å². The summed E-state index contributed by atoms with van der Waals surface area (Å²) in [7, 11) is 0. The van der Waals surface area contributed by atoms with Crippen LogP contribution < -0.4 is 0 Å². The Bertz CT molecular complexity index is 936. The van der Waals surface area contributed by atoms with Gasteiger partial charge in [0.1, 0.15) is 17.8 Å². The summed E-state index contributed by atoms with van der Waals surface area (Å²) in [5, 5.41) is 0. The first-order chi connectivity index (χ1) is 16.0. The molecule has 0 N–H and O–H groups in total. The molecule has 1 fully saturated rings. The lowest BCUT2D eigenvalue weighted by atomic mass is 9.95. The van der Waals surface area contributed by atoms with E-state index in [-0.39, 0.29) is 36.7 Å². The van der Waals surface area contributed by atoms with Gasteiger partial charge >= 0.3 is 5.97 Å². The third-order valence-electron chi connectivity index (χ3n) is 5.98. The van der Waals surface area contributed by atoms with Gasteiger partial charge in [0.05, 0.1) is 12.5 Å². The molecule has 0 amide bonds. The van der Waals surface area contributed by atoms with Crippen molar-refractivity contribution in [1.29, 1.82) is 0 Å². The topological polar surface area (TPSA) is 48.0 Å². The maximum Gasteiger partial charge on any atom is 0.308 e. The quantitative estimate of drug-likeness (QED) is 0.333. The van der Waals surface area contributed by atoms with Gasteiger partial charge in [-0.15, -0.1) is 6.58 Å². The third-order valence-corrected chi connectivity index (χ3v) is 5.98. The lowest BCUT2D eigenvalue weighted by Crippen LogP contribution is -2.49. The number of benzene rings is 2. The highest BCUT2D eigenvalue weighted by Gasteiger charge is 2.47. The van der Waals surface area contributed by atoms with Crippen molar-refractivity contribution in [3.8, 4) is 0 Å². The zero-order chi connectivity index (χ0) is 24.9. The molecule has 34 heavy (non-hydrogen) atoms. The largest absolute Gasteiger partial charge is 0.460 e. The minimum absolute atomic E-state index is 0.0200. The standard InChI is InChI=1S/C29H39NO4/c1-8-25-27(34-29(6,7)32-25)24(19-26(31)33-28(3,4)5)30(20-22-15-11-9-12-16-22)21(2)23-17-13-10-14-18-23/h8-18,21,24-25,27H,1,19-20H2,2-7H3/t21-,24-,25-,27-/m1/s1. The van der Waals surface area contributed by atoms with Crippen molar-refractivity contribution >= 4 is 5.97 Å². The first kappa shape index (κ1) is 26.1. The molecule has 0 unspecified atom stereocenters. The number of ether oxygens (including phenoxy) is 3. The summed E-state index contributed by atoms with van der Waals surface area (Å²) in [5.41, 5.74) is 1.76. The Balaban J connectivity index is 2.03. The van der Waals surface area contributed by atoms with Gasteiger partial charge in [0.25, 0.3) is 0 Å². The molecular formula is C29H39NO4. The van der Waals surface area contributed by atoms with Crippen LogP contribution in [0.1, 0.15) is 65.1 Å². The number of rotatable bonds is 9. The zero-order valence-corrected chi connectivity index (χ0v) is 21.4. The predicted octanol–water partition coefficient (Wildman–Crippen LogP) is 6.06. The second-order valence-corrected chi connectivity index (χ2v) is 10.4. The van der Waals surface area contributed by atoms with Crippen LogP contribution in [0.15, 0.2) is 73.3 Å². The van der Waals surface area contributed by atoms with Gasteiger partial charge in [-0.1, -0.05) is 66.7 Å². The molecule has 184 valence electrons. The minimum Gasteiger partial charge on any atom is -0.460 e. The summed E-state index contributed by atoms with van der Waals surface area (Å²) in [6.45, 7) is 16.3. The molecule has 1 aliphatic heterocycles. The van der Waals surface area contributed by atoms with Crippen molar-refractivity contribution in [1.82, 2.24) is 4.90 Å². The monoisotopic (exact) mass is 465 g/mol. The molecule has 0 saturated carbocycles. The van der Waals surface area contributed by atoms with E-state index in [0.29, 0.717) is 6.54 Å². The van der Waals surface area contributed by atoms with Gasteiger partial charge in [-0.2, -0.15) is 0 Å². The van der Waals surface area contributed by atoms with E-state index in [0.717, 1.165) is 5.56 Å². The molecule has 4 atom stereocenters. The summed E-state index contributed by atoms with van der Waals surface area (Å²) in [4.78, 5) is 15.5. The average Bonchev–Trinajstić information content (AvgIpc) is 3.10. The Morgan fingerprint density at radius 3 is 2.24 bits per heavy atom. The smallest absolute Gasteiger partial charge is 0.308 e. The predicted molar refractivity (Wildman–Crippen MR) is 135 cm³/mol. The molecule has 0 spiro atoms. The maximum atomic E-state index is 13.1. The molecule has 2 aromatic carbocycles. The minimum atomic E-state index is -0.774. The Morgan fingerprint density at radius 2 is 1.68 bits per heavy atom. The molecule has 3 rings (SSSR count). The first-order valence-corrected chi connectivity index (χ1v) is 12.0. The molecule has 0 bridgehead atoms. The molecule has 1 saturated heterocycles. The first-order valence-electron chi connectivity index (χ1n) is 12.0. The summed E-state index contributed by atoms with van der Waals surface area (Å²) in [5.74, 6) is -1.03. The molecule has 1 aliphatic rings. The second-order valence-electron chi connectivity index (χ2n) is 10.4. The molecule has 0 radical (unpaired) electrons. The zero-order valence-electron chi connectivity index (χ0n) is 21.4. The summed E-state index contributed by atoms with van der Waals surface area (Å²) in [6.07, 6.45) is 1.23. The van der Waals surface area contributed by atoms with E-state index in [1.807, 2.05) is 71.0 Å². The van der Waals surface area contributed by atoms with E-state index in [1.165, 1.54) is 5.56 Å². The Labute approximate surface area is 204 Å². The number of hydrogen-bond acceptors (Lipinski definition) is 5. The van der Waals surface area contributed by atoms with Crippen LogP contribution in [-0.2, 0) is 25.5 Å². The van der Waals surface area contributed by atoms with E-state index < -0.39 is 11.4 Å². The number of hydrogen-bond donors (Lipinski definition) is 0. The SMILES string of the molecule is C=C[C@H]1OC(C)(C)O[C@@H]1[C@@H](CC(=O)OC(C)(C)C)N(Cc1ccccc1)[C@H](C)c1ccccc1. The maximum absolute atomic E-state index is 13.1. The molecule has 0 aromatic heterocycles. The van der Waals surface area contributed by atoms with Gasteiger partial charge in [0.15, 0.2) is 5.79 Å². The summed E-state index contributed by atoms with van der Waals surface area (Å²) < 4.78 is 18.3. The van der Waals surface area contributed by atoms with Gasteiger partial charge in [0.2, 0.25) is 0 Å². The second kappa shape index (κ2) is 10.9. The van der Waals surface area contributed by atoms with Gasteiger partial charge in [-0.25, -0.2) is 0 Å². The van der Waals surface area contributed by atoms with Crippen LogP contribution in [-0.4, -0.2) is 40.5 Å². The van der Waals surface area contributed by atoms with Crippen molar-refractivity contribution in [3.63, 3.8) is 0 Å². The van der Waals surface area contributed by atoms with Crippen molar-refractivity contribution in [3.05, 3.63) is 84.4 Å². The molecule has 2 aromatic rings. The Morgan fingerprint density at radius 1 is 1.09 bits per heavy atom. The Hall–Kier alpha value is -2.47. The van der Waals surface area contributed by atoms with Crippen molar-refractivity contribution in [2.24, 2.45) is 0 Å². The lowest BCUT2D eigenvalue weighted by molar-refractivity contribution is -0.164. The van der Waals surface area contributed by atoms with Crippen LogP contribution in [0.3, 0.4) is 0 Å². The molecule has 5 heteroatoms. The fourth-order valence-electron chi connectivity index (χ4n) is 4.53. The third kappa shape index (κ3) is 7.02. The fourth-order valence-corrected chi connectivity index (χ4v) is 4.53. The molecule has 5 nitrogen and oxygen atoms in total. The highest BCUT2D eigenvalue weighted by Crippen LogP contribution is 2.37. The average molecular weight is 466 g/mol.